The number of imidazole rings is 1. The van der Waals surface area contributed by atoms with Crippen LogP contribution < -0.4 is 4.74 Å². The highest BCUT2D eigenvalue weighted by Crippen LogP contribution is 2.31. The molecule has 7 nitrogen and oxygen atoms in total. The van der Waals surface area contributed by atoms with E-state index in [2.05, 4.69) is 9.97 Å². The van der Waals surface area contributed by atoms with E-state index >= 15 is 0 Å². The fourth-order valence-corrected chi connectivity index (χ4v) is 5.21. The Bertz CT molecular complexity index is 1590. The minimum absolute atomic E-state index is 0.134. The average molecular weight is 494 g/mol. The number of H-pyrrole nitrogens is 1. The Balaban J connectivity index is 1.47. The number of aromatic nitrogens is 2. The summed E-state index contributed by atoms with van der Waals surface area (Å²) in [5.74, 6) is 0.230. The molecule has 35 heavy (non-hydrogen) atoms. The summed E-state index contributed by atoms with van der Waals surface area (Å²) < 4.78 is 44.1. The van der Waals surface area contributed by atoms with Crippen LogP contribution in [0.2, 0.25) is 0 Å². The Morgan fingerprint density at radius 3 is 2.60 bits per heavy atom. The zero-order valence-electron chi connectivity index (χ0n) is 19.6. The van der Waals surface area contributed by atoms with Gasteiger partial charge in [-0.1, -0.05) is 12.1 Å². The molecule has 1 N–H and O–H groups in total. The Kier molecular flexibility index (Phi) is 5.59. The van der Waals surface area contributed by atoms with Crippen molar-refractivity contribution >= 4 is 26.8 Å². The standard InChI is InChI=1S/C26H24FN3O4S/c1-15-10-25(35(3,32)33)21(27)13-20(15)26(31)30-8-9-34-24-7-5-17(11-19(24)14-30)18-4-6-22-23(12-18)29-16(2)28-22/h4-7,10-13H,8-9,14H2,1-3H3,(H,28,29). The first-order chi connectivity index (χ1) is 16.6. The lowest BCUT2D eigenvalue weighted by Gasteiger charge is -2.21. The van der Waals surface area contributed by atoms with Gasteiger partial charge in [0.05, 0.1) is 17.6 Å². The maximum atomic E-state index is 14.5. The number of aromatic amines is 1. The van der Waals surface area contributed by atoms with Gasteiger partial charge in [0, 0.05) is 23.9 Å². The van der Waals surface area contributed by atoms with Crippen LogP contribution in [0.3, 0.4) is 0 Å². The molecule has 0 radical (unpaired) electrons. The molecule has 0 fully saturated rings. The molecule has 0 aliphatic carbocycles. The monoisotopic (exact) mass is 493 g/mol. The molecule has 180 valence electrons. The van der Waals surface area contributed by atoms with Gasteiger partial charge in [0.2, 0.25) is 0 Å². The third-order valence-electron chi connectivity index (χ3n) is 6.17. The van der Waals surface area contributed by atoms with Crippen molar-refractivity contribution in [1.29, 1.82) is 0 Å². The second-order valence-electron chi connectivity index (χ2n) is 8.82. The van der Waals surface area contributed by atoms with Gasteiger partial charge in [-0.3, -0.25) is 4.79 Å². The topological polar surface area (TPSA) is 92.4 Å². The molecule has 4 aromatic rings. The number of hydrogen-bond acceptors (Lipinski definition) is 5. The molecule has 0 unspecified atom stereocenters. The fourth-order valence-electron chi connectivity index (χ4n) is 4.40. The number of amides is 1. The molecular formula is C26H24FN3O4S. The Hall–Kier alpha value is -3.72. The molecule has 0 spiro atoms. The van der Waals surface area contributed by atoms with Gasteiger partial charge in [0.15, 0.2) is 9.84 Å². The van der Waals surface area contributed by atoms with Crippen LogP contribution in [0.15, 0.2) is 53.4 Å². The fraction of sp³-hybridized carbons (Fsp3) is 0.231. The first kappa shape index (κ1) is 23.0. The van der Waals surface area contributed by atoms with Crippen molar-refractivity contribution < 1.29 is 22.3 Å². The summed E-state index contributed by atoms with van der Waals surface area (Å²) in [5.41, 5.74) is 5.17. The normalized spacial score (nSPS) is 13.9. The van der Waals surface area contributed by atoms with E-state index in [1.165, 1.54) is 6.07 Å². The van der Waals surface area contributed by atoms with Crippen molar-refractivity contribution in [3.8, 4) is 16.9 Å². The van der Waals surface area contributed by atoms with Gasteiger partial charge in [-0.2, -0.15) is 0 Å². The van der Waals surface area contributed by atoms with Gasteiger partial charge >= 0.3 is 0 Å². The highest BCUT2D eigenvalue weighted by molar-refractivity contribution is 7.90. The van der Waals surface area contributed by atoms with Gasteiger partial charge in [0.1, 0.15) is 28.9 Å². The van der Waals surface area contributed by atoms with E-state index in [1.54, 1.807) is 11.8 Å². The number of fused-ring (bicyclic) bond motifs is 2. The third kappa shape index (κ3) is 4.39. The van der Waals surface area contributed by atoms with Gasteiger partial charge < -0.3 is 14.6 Å². The summed E-state index contributed by atoms with van der Waals surface area (Å²) in [6, 6.07) is 14.1. The molecular weight excluding hydrogens is 469 g/mol. The van der Waals surface area contributed by atoms with Crippen molar-refractivity contribution in [2.45, 2.75) is 25.3 Å². The van der Waals surface area contributed by atoms with E-state index in [4.69, 9.17) is 4.74 Å². The van der Waals surface area contributed by atoms with Crippen LogP contribution in [-0.2, 0) is 16.4 Å². The summed E-state index contributed by atoms with van der Waals surface area (Å²) in [6.45, 7) is 4.40. The number of carbonyl (C=O) groups excluding carboxylic acids is 1. The van der Waals surface area contributed by atoms with Crippen LogP contribution in [-0.4, -0.2) is 48.6 Å². The van der Waals surface area contributed by atoms with Crippen molar-refractivity contribution in [2.75, 3.05) is 19.4 Å². The molecule has 1 amide bonds. The lowest BCUT2D eigenvalue weighted by Crippen LogP contribution is -2.33. The molecule has 1 aromatic heterocycles. The number of benzene rings is 3. The second-order valence-corrected chi connectivity index (χ2v) is 10.8. The average Bonchev–Trinajstić information content (AvgIpc) is 3.04. The van der Waals surface area contributed by atoms with Crippen LogP contribution in [0.1, 0.15) is 27.3 Å². The van der Waals surface area contributed by atoms with Crippen LogP contribution >= 0.6 is 0 Å². The number of nitrogens with zero attached hydrogens (tertiary/aromatic N) is 2. The molecule has 2 heterocycles. The van der Waals surface area contributed by atoms with Gasteiger partial charge in [-0.25, -0.2) is 17.8 Å². The molecule has 3 aromatic carbocycles. The molecule has 9 heteroatoms. The SMILES string of the molecule is Cc1nc2ccc(-c3ccc4c(c3)CN(C(=O)c3cc(F)c(S(C)(=O)=O)cc3C)CCO4)cc2[nH]1. The van der Waals surface area contributed by atoms with Crippen molar-refractivity contribution in [3.05, 3.63) is 76.9 Å². The summed E-state index contributed by atoms with van der Waals surface area (Å²) >= 11 is 0. The maximum absolute atomic E-state index is 14.5. The lowest BCUT2D eigenvalue weighted by molar-refractivity contribution is 0.0732. The smallest absolute Gasteiger partial charge is 0.254 e. The van der Waals surface area contributed by atoms with E-state index in [-0.39, 0.29) is 18.0 Å². The van der Waals surface area contributed by atoms with E-state index < -0.39 is 20.5 Å². The minimum atomic E-state index is -3.74. The maximum Gasteiger partial charge on any atom is 0.254 e. The molecule has 0 atom stereocenters. The van der Waals surface area contributed by atoms with Crippen LogP contribution in [0.5, 0.6) is 5.75 Å². The largest absolute Gasteiger partial charge is 0.491 e. The van der Waals surface area contributed by atoms with Crippen molar-refractivity contribution in [3.63, 3.8) is 0 Å². The number of carbonyl (C=O) groups is 1. The minimum Gasteiger partial charge on any atom is -0.491 e. The molecule has 0 bridgehead atoms. The van der Waals surface area contributed by atoms with Gasteiger partial charge in [-0.15, -0.1) is 0 Å². The van der Waals surface area contributed by atoms with Crippen LogP contribution in [0.4, 0.5) is 4.39 Å². The second kappa shape index (κ2) is 8.49. The number of ether oxygens (including phenoxy) is 1. The Morgan fingerprint density at radius 1 is 1.09 bits per heavy atom. The van der Waals surface area contributed by atoms with Crippen molar-refractivity contribution in [1.82, 2.24) is 14.9 Å². The Labute approximate surface area is 202 Å². The number of rotatable bonds is 3. The van der Waals surface area contributed by atoms with Crippen LogP contribution in [0, 0.1) is 19.7 Å². The predicted molar refractivity (Wildman–Crippen MR) is 131 cm³/mol. The first-order valence-electron chi connectivity index (χ1n) is 11.1. The Morgan fingerprint density at radius 2 is 1.83 bits per heavy atom. The van der Waals surface area contributed by atoms with E-state index in [9.17, 15) is 17.6 Å². The van der Waals surface area contributed by atoms with E-state index in [1.807, 2.05) is 43.3 Å². The van der Waals surface area contributed by atoms with Gasteiger partial charge in [0.25, 0.3) is 5.91 Å². The first-order valence-corrected chi connectivity index (χ1v) is 13.0. The van der Waals surface area contributed by atoms with Crippen molar-refractivity contribution in [2.24, 2.45) is 0 Å². The summed E-state index contributed by atoms with van der Waals surface area (Å²) in [6.07, 6.45) is 0.943. The molecule has 0 saturated heterocycles. The highest BCUT2D eigenvalue weighted by Gasteiger charge is 2.25. The van der Waals surface area contributed by atoms with E-state index in [0.29, 0.717) is 24.5 Å². The molecule has 1 aliphatic heterocycles. The number of nitrogens with one attached hydrogen (secondary N) is 1. The number of halogens is 1. The van der Waals surface area contributed by atoms with Gasteiger partial charge in [-0.05, 0) is 66.9 Å². The quantitative estimate of drug-likeness (QED) is 0.456. The number of hydrogen-bond donors (Lipinski definition) is 1. The zero-order chi connectivity index (χ0) is 24.9. The molecule has 5 rings (SSSR count). The summed E-state index contributed by atoms with van der Waals surface area (Å²) in [5, 5.41) is 0. The summed E-state index contributed by atoms with van der Waals surface area (Å²) in [4.78, 5) is 22.2. The number of sulfone groups is 1. The third-order valence-corrected chi connectivity index (χ3v) is 7.28. The summed E-state index contributed by atoms with van der Waals surface area (Å²) in [7, 11) is -3.74. The van der Waals surface area contributed by atoms with Crippen LogP contribution in [0.25, 0.3) is 22.2 Å². The van der Waals surface area contributed by atoms with E-state index in [0.717, 1.165) is 45.9 Å². The number of aryl methyl sites for hydroxylation is 2. The zero-order valence-corrected chi connectivity index (χ0v) is 20.4. The molecule has 0 saturated carbocycles. The molecule has 1 aliphatic rings. The predicted octanol–water partition coefficient (Wildman–Crippen LogP) is 4.42. The highest BCUT2D eigenvalue weighted by atomic mass is 32.2. The lowest BCUT2D eigenvalue weighted by atomic mass is 10.0.